The van der Waals surface area contributed by atoms with Crippen molar-refractivity contribution < 1.29 is 19.6 Å². The summed E-state index contributed by atoms with van der Waals surface area (Å²) in [6, 6.07) is 20.5. The molecule has 7 nitrogen and oxygen atoms in total. The van der Waals surface area contributed by atoms with Gasteiger partial charge in [0.05, 0.1) is 16.1 Å². The summed E-state index contributed by atoms with van der Waals surface area (Å²) >= 11 is 1.65. The number of fused-ring (bicyclic) bond motifs is 4. The number of nitrogens with zero attached hydrogens (tertiary/aromatic N) is 1. The second-order valence-corrected chi connectivity index (χ2v) is 8.66. The van der Waals surface area contributed by atoms with Crippen molar-refractivity contribution in [3.8, 4) is 0 Å². The molecule has 0 radical (unpaired) electrons. The zero-order chi connectivity index (χ0) is 23.1. The van der Waals surface area contributed by atoms with Gasteiger partial charge >= 0.3 is 5.97 Å². The number of amides is 1. The van der Waals surface area contributed by atoms with E-state index in [2.05, 4.69) is 17.4 Å². The van der Waals surface area contributed by atoms with Crippen molar-refractivity contribution in [2.24, 2.45) is 0 Å². The summed E-state index contributed by atoms with van der Waals surface area (Å²) < 4.78 is 0. The Kier molecular flexibility index (Phi) is 5.07. The number of aromatic carboxylic acids is 1. The average molecular weight is 456 g/mol. The number of hydrogen-bond donors (Lipinski definition) is 2. The Morgan fingerprint density at radius 3 is 2.52 bits per heavy atom. The van der Waals surface area contributed by atoms with Crippen molar-refractivity contribution in [1.29, 1.82) is 0 Å². The molecule has 5 rings (SSSR count). The second-order valence-electron chi connectivity index (χ2n) is 7.58. The van der Waals surface area contributed by atoms with Crippen LogP contribution in [-0.2, 0) is 6.42 Å². The lowest BCUT2D eigenvalue weighted by atomic mass is 9.92. The first-order valence-corrected chi connectivity index (χ1v) is 10.9. The molecule has 0 fully saturated rings. The van der Waals surface area contributed by atoms with Crippen LogP contribution in [0.4, 0.5) is 11.4 Å². The number of carbonyl (C=O) groups is 2. The highest BCUT2D eigenvalue weighted by atomic mass is 32.2. The highest BCUT2D eigenvalue weighted by molar-refractivity contribution is 7.99. The lowest BCUT2D eigenvalue weighted by Crippen LogP contribution is -2.17. The van der Waals surface area contributed by atoms with Crippen molar-refractivity contribution in [1.82, 2.24) is 0 Å². The molecule has 0 aliphatic carbocycles. The lowest BCUT2D eigenvalue weighted by Gasteiger charge is -2.21. The maximum Gasteiger partial charge on any atom is 0.337 e. The van der Waals surface area contributed by atoms with Gasteiger partial charge in [0.1, 0.15) is 0 Å². The van der Waals surface area contributed by atoms with Gasteiger partial charge in [0.15, 0.2) is 0 Å². The Labute approximate surface area is 192 Å². The number of nitrogens with one attached hydrogen (secondary N) is 1. The molecule has 1 aliphatic rings. The number of anilines is 1. The van der Waals surface area contributed by atoms with Crippen LogP contribution in [0, 0.1) is 10.1 Å². The number of non-ortho nitro benzene ring substituents is 1. The molecular weight excluding hydrogens is 440 g/mol. The van der Waals surface area contributed by atoms with Crippen LogP contribution < -0.4 is 5.32 Å². The summed E-state index contributed by atoms with van der Waals surface area (Å²) in [5.74, 6) is -1.86. The van der Waals surface area contributed by atoms with Gasteiger partial charge < -0.3 is 10.4 Å². The van der Waals surface area contributed by atoms with Crippen molar-refractivity contribution >= 4 is 45.8 Å². The molecule has 1 aliphatic heterocycles. The van der Waals surface area contributed by atoms with Gasteiger partial charge in [-0.15, -0.1) is 0 Å². The molecule has 0 saturated carbocycles. The van der Waals surface area contributed by atoms with Crippen LogP contribution in [0.25, 0.3) is 10.8 Å². The zero-order valence-corrected chi connectivity index (χ0v) is 17.9. The standard InChI is InChI=1S/C25H16N2O5S/c28-24(26-15-5-3-6-16(13-15)27(31)32)19-9-8-17-18(23(19)25(29)30)10-11-22-20(17)12-14-4-1-2-7-21(14)33-22/h1-11,13H,12H2,(H,26,28)(H,29,30). The smallest absolute Gasteiger partial charge is 0.337 e. The van der Waals surface area contributed by atoms with E-state index < -0.39 is 16.8 Å². The van der Waals surface area contributed by atoms with E-state index in [1.165, 1.54) is 40.8 Å². The largest absolute Gasteiger partial charge is 0.478 e. The molecule has 4 aromatic rings. The Balaban J connectivity index is 1.58. The van der Waals surface area contributed by atoms with Crippen LogP contribution in [0.3, 0.4) is 0 Å². The molecule has 0 saturated heterocycles. The molecule has 162 valence electrons. The number of nitro groups is 1. The number of nitro benzene ring substituents is 1. The van der Waals surface area contributed by atoms with Gasteiger partial charge in [-0.2, -0.15) is 0 Å². The van der Waals surface area contributed by atoms with Crippen LogP contribution in [0.5, 0.6) is 0 Å². The van der Waals surface area contributed by atoms with E-state index in [1.807, 2.05) is 18.2 Å². The number of carboxylic acid groups (broad SMARTS) is 1. The molecule has 0 atom stereocenters. The average Bonchev–Trinajstić information content (AvgIpc) is 2.81. The Bertz CT molecular complexity index is 1480. The third kappa shape index (κ3) is 3.70. The first-order chi connectivity index (χ1) is 15.9. The minimum atomic E-state index is -1.21. The van der Waals surface area contributed by atoms with E-state index in [9.17, 15) is 24.8 Å². The van der Waals surface area contributed by atoms with Gasteiger partial charge in [0, 0.05) is 34.0 Å². The van der Waals surface area contributed by atoms with Gasteiger partial charge in [-0.1, -0.05) is 48.2 Å². The number of carbonyl (C=O) groups excluding carboxylic acids is 1. The summed E-state index contributed by atoms with van der Waals surface area (Å²) in [7, 11) is 0. The lowest BCUT2D eigenvalue weighted by molar-refractivity contribution is -0.384. The molecule has 4 aromatic carbocycles. The molecule has 1 amide bonds. The highest BCUT2D eigenvalue weighted by Crippen LogP contribution is 2.43. The maximum atomic E-state index is 13.0. The molecule has 0 unspecified atom stereocenters. The third-order valence-electron chi connectivity index (χ3n) is 5.60. The number of benzene rings is 4. The third-order valence-corrected chi connectivity index (χ3v) is 6.82. The van der Waals surface area contributed by atoms with Gasteiger partial charge in [-0.3, -0.25) is 14.9 Å². The maximum absolute atomic E-state index is 13.0. The van der Waals surface area contributed by atoms with E-state index >= 15 is 0 Å². The Morgan fingerprint density at radius 1 is 0.939 bits per heavy atom. The monoisotopic (exact) mass is 456 g/mol. The van der Waals surface area contributed by atoms with Crippen molar-refractivity contribution in [2.75, 3.05) is 5.32 Å². The summed E-state index contributed by atoms with van der Waals surface area (Å²) in [5, 5.41) is 24.8. The SMILES string of the molecule is O=C(Nc1cccc([N+](=O)[O-])c1)c1ccc2c3c(ccc2c1C(=O)O)Sc1ccccc1C3. The fourth-order valence-electron chi connectivity index (χ4n) is 4.10. The predicted molar refractivity (Wildman–Crippen MR) is 125 cm³/mol. The summed E-state index contributed by atoms with van der Waals surface area (Å²) in [6.45, 7) is 0. The first-order valence-electron chi connectivity index (χ1n) is 10.1. The van der Waals surface area contributed by atoms with Crippen LogP contribution in [-0.4, -0.2) is 21.9 Å². The van der Waals surface area contributed by atoms with Crippen molar-refractivity contribution in [3.63, 3.8) is 0 Å². The summed E-state index contributed by atoms with van der Waals surface area (Å²) in [6.07, 6.45) is 0.675. The molecule has 2 N–H and O–H groups in total. The number of carboxylic acids is 1. The van der Waals surface area contributed by atoms with Gasteiger partial charge in [0.25, 0.3) is 11.6 Å². The fourth-order valence-corrected chi connectivity index (χ4v) is 5.20. The van der Waals surface area contributed by atoms with E-state index in [0.717, 1.165) is 15.8 Å². The molecule has 1 heterocycles. The van der Waals surface area contributed by atoms with Gasteiger partial charge in [-0.25, -0.2) is 4.79 Å². The quantitative estimate of drug-likeness (QED) is 0.263. The van der Waals surface area contributed by atoms with E-state index in [1.54, 1.807) is 23.9 Å². The summed E-state index contributed by atoms with van der Waals surface area (Å²) in [4.78, 5) is 37.9. The van der Waals surface area contributed by atoms with Crippen molar-refractivity contribution in [2.45, 2.75) is 16.2 Å². The van der Waals surface area contributed by atoms with Gasteiger partial charge in [0.2, 0.25) is 0 Å². The molecule has 0 bridgehead atoms. The van der Waals surface area contributed by atoms with E-state index in [-0.39, 0.29) is 22.5 Å². The van der Waals surface area contributed by atoms with Crippen LogP contribution in [0.2, 0.25) is 0 Å². The molecule has 8 heteroatoms. The van der Waals surface area contributed by atoms with Crippen LogP contribution >= 0.6 is 11.8 Å². The second kappa shape index (κ2) is 8.07. The molecule has 0 aromatic heterocycles. The molecular formula is C25H16N2O5S. The zero-order valence-electron chi connectivity index (χ0n) is 17.1. The molecule has 0 spiro atoms. The highest BCUT2D eigenvalue weighted by Gasteiger charge is 2.24. The normalized spacial score (nSPS) is 12.0. The topological polar surface area (TPSA) is 110 Å². The van der Waals surface area contributed by atoms with Crippen molar-refractivity contribution in [3.05, 3.63) is 105 Å². The Morgan fingerprint density at radius 2 is 1.73 bits per heavy atom. The van der Waals surface area contributed by atoms with E-state index in [0.29, 0.717) is 11.8 Å². The number of rotatable bonds is 4. The summed E-state index contributed by atoms with van der Waals surface area (Å²) in [5.41, 5.74) is 2.14. The predicted octanol–water partition coefficient (Wildman–Crippen LogP) is 5.75. The van der Waals surface area contributed by atoms with Crippen LogP contribution in [0.15, 0.2) is 82.6 Å². The minimum absolute atomic E-state index is 0.00896. The Hall–Kier alpha value is -4.17. The first kappa shape index (κ1) is 20.7. The van der Waals surface area contributed by atoms with E-state index in [4.69, 9.17) is 0 Å². The number of hydrogen-bond acceptors (Lipinski definition) is 5. The van der Waals surface area contributed by atoms with Crippen LogP contribution in [0.1, 0.15) is 31.8 Å². The van der Waals surface area contributed by atoms with Gasteiger partial charge in [-0.05, 0) is 46.2 Å². The fraction of sp³-hybridized carbons (Fsp3) is 0.0400. The minimum Gasteiger partial charge on any atom is -0.478 e. The molecule has 33 heavy (non-hydrogen) atoms.